The molecule has 2 heterocycles. The molecule has 0 saturated carbocycles. The lowest BCUT2D eigenvalue weighted by Crippen LogP contribution is -2.14. The molecule has 0 saturated heterocycles. The summed E-state index contributed by atoms with van der Waals surface area (Å²) in [5, 5.41) is 7.04. The van der Waals surface area contributed by atoms with Gasteiger partial charge >= 0.3 is 0 Å². The number of rotatable bonds is 5. The Labute approximate surface area is 158 Å². The van der Waals surface area contributed by atoms with Crippen LogP contribution >= 0.6 is 11.3 Å². The van der Waals surface area contributed by atoms with Crippen LogP contribution in [0, 0.1) is 13.8 Å². The number of thiazole rings is 1. The van der Waals surface area contributed by atoms with Crippen LogP contribution in [0.25, 0.3) is 11.3 Å². The van der Waals surface area contributed by atoms with Crippen molar-refractivity contribution in [2.24, 2.45) is 10.1 Å². The zero-order valence-electron chi connectivity index (χ0n) is 15.7. The predicted molar refractivity (Wildman–Crippen MR) is 110 cm³/mol. The van der Waals surface area contributed by atoms with Gasteiger partial charge < -0.3 is 0 Å². The van der Waals surface area contributed by atoms with Crippen molar-refractivity contribution < 1.29 is 0 Å². The van der Waals surface area contributed by atoms with Gasteiger partial charge in [0.15, 0.2) is 0 Å². The molecule has 26 heavy (non-hydrogen) atoms. The number of hydrogen-bond donors (Lipinski definition) is 0. The fraction of sp³-hybridized carbons (Fsp3) is 0.286. The summed E-state index contributed by atoms with van der Waals surface area (Å²) in [6.45, 7) is 8.56. The molecule has 0 amide bonds. The molecule has 0 atom stereocenters. The van der Waals surface area contributed by atoms with Crippen molar-refractivity contribution in [2.75, 3.05) is 0 Å². The zero-order valence-corrected chi connectivity index (χ0v) is 16.5. The molecule has 3 aromatic rings. The van der Waals surface area contributed by atoms with Gasteiger partial charge in [-0.3, -0.25) is 4.98 Å². The zero-order chi connectivity index (χ0) is 18.5. The highest BCUT2D eigenvalue weighted by atomic mass is 32.1. The molecule has 2 aromatic heterocycles. The Morgan fingerprint density at radius 3 is 2.58 bits per heavy atom. The molecule has 3 rings (SSSR count). The van der Waals surface area contributed by atoms with Gasteiger partial charge in [-0.2, -0.15) is 5.10 Å². The van der Waals surface area contributed by atoms with E-state index < -0.39 is 0 Å². The van der Waals surface area contributed by atoms with Crippen LogP contribution in [0.2, 0.25) is 0 Å². The van der Waals surface area contributed by atoms with Crippen molar-refractivity contribution in [3.05, 3.63) is 64.0 Å². The van der Waals surface area contributed by atoms with Gasteiger partial charge in [-0.05, 0) is 56.0 Å². The Bertz CT molecular complexity index is 975. The molecular weight excluding hydrogens is 340 g/mol. The second-order valence-electron chi connectivity index (χ2n) is 6.21. The third kappa shape index (κ3) is 3.99. The molecular formula is C21H24N4S. The predicted octanol–water partition coefficient (Wildman–Crippen LogP) is 5.48. The van der Waals surface area contributed by atoms with Gasteiger partial charge in [-0.1, -0.05) is 26.0 Å². The van der Waals surface area contributed by atoms with E-state index in [9.17, 15) is 0 Å². The molecule has 5 heteroatoms. The molecule has 0 N–H and O–H groups in total. The minimum Gasteiger partial charge on any atom is -0.262 e. The van der Waals surface area contributed by atoms with Crippen molar-refractivity contribution in [3.8, 4) is 11.3 Å². The quantitative estimate of drug-likeness (QED) is 0.552. The van der Waals surface area contributed by atoms with Gasteiger partial charge in [-0.25, -0.2) is 9.67 Å². The van der Waals surface area contributed by atoms with Crippen LogP contribution < -0.4 is 4.80 Å². The van der Waals surface area contributed by atoms with E-state index in [1.165, 1.54) is 11.1 Å². The Hall–Kier alpha value is -2.53. The summed E-state index contributed by atoms with van der Waals surface area (Å²) in [5.41, 5.74) is 6.79. The number of pyridine rings is 1. The molecule has 0 radical (unpaired) electrons. The molecule has 1 aromatic carbocycles. The SMILES string of the molecule is CCC(CC)=Nn1c(-c2ccc(C)c(C)c2)csc1=Nc1cccnc1. The third-order valence-electron chi connectivity index (χ3n) is 4.42. The lowest BCUT2D eigenvalue weighted by molar-refractivity contribution is 0.833. The van der Waals surface area contributed by atoms with Crippen LogP contribution in [-0.2, 0) is 0 Å². The first-order chi connectivity index (χ1) is 12.6. The molecule has 134 valence electrons. The minimum absolute atomic E-state index is 0.833. The molecule has 0 spiro atoms. The smallest absolute Gasteiger partial charge is 0.211 e. The summed E-state index contributed by atoms with van der Waals surface area (Å²) in [7, 11) is 0. The van der Waals surface area contributed by atoms with Crippen LogP contribution in [0.15, 0.2) is 58.2 Å². The third-order valence-corrected chi connectivity index (χ3v) is 5.23. The van der Waals surface area contributed by atoms with Gasteiger partial charge in [0, 0.05) is 22.9 Å². The Morgan fingerprint density at radius 2 is 1.92 bits per heavy atom. The van der Waals surface area contributed by atoms with Gasteiger partial charge in [-0.15, -0.1) is 11.3 Å². The van der Waals surface area contributed by atoms with Gasteiger partial charge in [0.1, 0.15) is 0 Å². The van der Waals surface area contributed by atoms with E-state index in [2.05, 4.69) is 56.3 Å². The summed E-state index contributed by atoms with van der Waals surface area (Å²) >= 11 is 1.60. The number of aryl methyl sites for hydroxylation is 2. The van der Waals surface area contributed by atoms with Crippen LogP contribution in [0.3, 0.4) is 0 Å². The monoisotopic (exact) mass is 364 g/mol. The molecule has 0 bridgehead atoms. The van der Waals surface area contributed by atoms with E-state index in [1.54, 1.807) is 23.7 Å². The van der Waals surface area contributed by atoms with Crippen LogP contribution in [0.1, 0.15) is 37.8 Å². The average Bonchev–Trinajstić information content (AvgIpc) is 3.05. The first kappa shape index (κ1) is 18.3. The highest BCUT2D eigenvalue weighted by Crippen LogP contribution is 2.23. The molecule has 4 nitrogen and oxygen atoms in total. The van der Waals surface area contributed by atoms with Gasteiger partial charge in [0.05, 0.1) is 17.6 Å². The first-order valence-electron chi connectivity index (χ1n) is 8.92. The number of nitrogens with zero attached hydrogens (tertiary/aromatic N) is 4. The van der Waals surface area contributed by atoms with E-state index in [0.717, 1.165) is 40.3 Å². The lowest BCUT2D eigenvalue weighted by Gasteiger charge is -2.08. The van der Waals surface area contributed by atoms with Crippen LogP contribution in [0.5, 0.6) is 0 Å². The van der Waals surface area contributed by atoms with Crippen molar-refractivity contribution in [1.29, 1.82) is 0 Å². The maximum Gasteiger partial charge on any atom is 0.211 e. The fourth-order valence-corrected chi connectivity index (χ4v) is 3.49. The average molecular weight is 365 g/mol. The topological polar surface area (TPSA) is 42.5 Å². The maximum atomic E-state index is 4.91. The van der Waals surface area contributed by atoms with Crippen molar-refractivity contribution in [2.45, 2.75) is 40.5 Å². The van der Waals surface area contributed by atoms with Crippen molar-refractivity contribution in [1.82, 2.24) is 9.66 Å². The maximum absolute atomic E-state index is 4.91. The van der Waals surface area contributed by atoms with Crippen molar-refractivity contribution >= 4 is 22.7 Å². The minimum atomic E-state index is 0.833. The molecule has 0 aliphatic carbocycles. The Morgan fingerprint density at radius 1 is 1.12 bits per heavy atom. The highest BCUT2D eigenvalue weighted by Gasteiger charge is 2.10. The standard InChI is InChI=1S/C21H24N4S/c1-5-18(6-2)24-25-20(17-10-9-15(3)16(4)12-17)14-26-21(25)23-19-8-7-11-22-13-19/h7-14H,5-6H2,1-4H3. The second kappa shape index (κ2) is 8.23. The van der Waals surface area contributed by atoms with E-state index in [1.807, 2.05) is 16.8 Å². The molecule has 0 fully saturated rings. The van der Waals surface area contributed by atoms with Gasteiger partial charge in [0.2, 0.25) is 4.80 Å². The van der Waals surface area contributed by atoms with Gasteiger partial charge in [0.25, 0.3) is 0 Å². The number of aromatic nitrogens is 2. The Balaban J connectivity index is 2.21. The number of benzene rings is 1. The summed E-state index contributed by atoms with van der Waals surface area (Å²) < 4.78 is 1.98. The summed E-state index contributed by atoms with van der Waals surface area (Å²) in [6, 6.07) is 10.4. The van der Waals surface area contributed by atoms with E-state index in [4.69, 9.17) is 10.1 Å². The first-order valence-corrected chi connectivity index (χ1v) is 9.80. The fourth-order valence-electron chi connectivity index (χ4n) is 2.64. The second-order valence-corrected chi connectivity index (χ2v) is 7.05. The summed E-state index contributed by atoms with van der Waals surface area (Å²) in [5.74, 6) is 0. The summed E-state index contributed by atoms with van der Waals surface area (Å²) in [4.78, 5) is 9.77. The molecule has 0 unspecified atom stereocenters. The molecule has 0 aliphatic rings. The largest absolute Gasteiger partial charge is 0.262 e. The lowest BCUT2D eigenvalue weighted by atomic mass is 10.1. The normalized spacial score (nSPS) is 11.6. The van der Waals surface area contributed by atoms with Crippen molar-refractivity contribution in [3.63, 3.8) is 0 Å². The highest BCUT2D eigenvalue weighted by molar-refractivity contribution is 7.07. The van der Waals surface area contributed by atoms with Crippen LogP contribution in [-0.4, -0.2) is 15.4 Å². The Kier molecular flexibility index (Phi) is 5.78. The van der Waals surface area contributed by atoms with Crippen LogP contribution in [0.4, 0.5) is 5.69 Å². The molecule has 0 aliphatic heterocycles. The summed E-state index contributed by atoms with van der Waals surface area (Å²) in [6.07, 6.45) is 5.38. The van der Waals surface area contributed by atoms with E-state index in [-0.39, 0.29) is 0 Å². The van der Waals surface area contributed by atoms with E-state index >= 15 is 0 Å². The number of hydrogen-bond acceptors (Lipinski definition) is 4. The van der Waals surface area contributed by atoms with E-state index in [0.29, 0.717) is 0 Å².